The zero-order valence-electron chi connectivity index (χ0n) is 18.7. The summed E-state index contributed by atoms with van der Waals surface area (Å²) in [5.41, 5.74) is 7.63. The fourth-order valence-corrected chi connectivity index (χ4v) is 2.72. The van der Waals surface area contributed by atoms with Gasteiger partial charge in [-0.15, -0.1) is 0 Å². The van der Waals surface area contributed by atoms with E-state index in [9.17, 15) is 17.6 Å². The summed E-state index contributed by atoms with van der Waals surface area (Å²) in [7, 11) is -2.10. The van der Waals surface area contributed by atoms with Crippen LogP contribution in [0.2, 0.25) is 0 Å². The van der Waals surface area contributed by atoms with E-state index in [-0.39, 0.29) is 5.82 Å². The van der Waals surface area contributed by atoms with Crippen molar-refractivity contribution in [2.24, 2.45) is 5.73 Å². The summed E-state index contributed by atoms with van der Waals surface area (Å²) in [5.74, 6) is 0.650. The van der Waals surface area contributed by atoms with Crippen LogP contribution < -0.4 is 20.5 Å². The molecule has 0 unspecified atom stereocenters. The molecule has 3 rings (SSSR count). The number of hydrogen-bond donors (Lipinski definition) is 3. The van der Waals surface area contributed by atoms with Crippen LogP contribution in [0.1, 0.15) is 21.5 Å². The molecule has 0 atom stereocenters. The average Bonchev–Trinajstić information content (AvgIpc) is 2.78. The lowest BCUT2D eigenvalue weighted by Crippen LogP contribution is -2.16. The van der Waals surface area contributed by atoms with Gasteiger partial charge in [0.1, 0.15) is 5.82 Å². The van der Waals surface area contributed by atoms with Gasteiger partial charge < -0.3 is 20.5 Å². The number of carbonyl (C=O) groups is 1. The quantitative estimate of drug-likeness (QED) is 0.306. The molecule has 1 heterocycles. The van der Waals surface area contributed by atoms with Crippen LogP contribution in [-0.4, -0.2) is 43.8 Å². The zero-order chi connectivity index (χ0) is 25.1. The summed E-state index contributed by atoms with van der Waals surface area (Å²) < 4.78 is 50.0. The minimum atomic E-state index is -3.67. The molecule has 0 aliphatic carbocycles. The fraction of sp³-hybridized carbons (Fsp3) is 0.217. The maximum atomic E-state index is 12.9. The van der Waals surface area contributed by atoms with E-state index in [1.807, 2.05) is 12.1 Å². The first-order valence-corrected chi connectivity index (χ1v) is 11.9. The largest absolute Gasteiger partial charge is 0.493 e. The van der Waals surface area contributed by atoms with E-state index >= 15 is 0 Å². The molecule has 0 radical (unpaired) electrons. The zero-order valence-corrected chi connectivity index (χ0v) is 19.5. The Morgan fingerprint density at radius 1 is 1.09 bits per heavy atom. The number of aromatic nitrogens is 1. The van der Waals surface area contributed by atoms with Crippen LogP contribution in [0.15, 0.2) is 60.8 Å². The Labute approximate surface area is 197 Å². The van der Waals surface area contributed by atoms with Crippen molar-refractivity contribution in [3.8, 4) is 17.4 Å². The third-order valence-corrected chi connectivity index (χ3v) is 4.30. The first kappa shape index (κ1) is 26.7. The first-order chi connectivity index (χ1) is 16.0. The molecule has 0 aliphatic rings. The van der Waals surface area contributed by atoms with Crippen molar-refractivity contribution in [1.82, 2.24) is 10.3 Å². The van der Waals surface area contributed by atoms with Gasteiger partial charge in [-0.3, -0.25) is 9.35 Å². The number of hydrogen-bond acceptors (Lipinski definition) is 7. The predicted molar refractivity (Wildman–Crippen MR) is 125 cm³/mol. The number of benzene rings is 2. The van der Waals surface area contributed by atoms with Crippen molar-refractivity contribution in [2.75, 3.05) is 19.9 Å². The van der Waals surface area contributed by atoms with Crippen molar-refractivity contribution in [3.05, 3.63) is 83.3 Å². The van der Waals surface area contributed by atoms with E-state index in [1.54, 1.807) is 37.4 Å². The second-order valence-corrected chi connectivity index (χ2v) is 8.59. The molecule has 1 aromatic heterocycles. The Balaban J connectivity index is 0.000000739. The number of pyridine rings is 1. The number of methoxy groups -OCH3 is 1. The molecule has 3 aromatic rings. The monoisotopic (exact) mass is 491 g/mol. The van der Waals surface area contributed by atoms with Crippen LogP contribution in [0.3, 0.4) is 0 Å². The van der Waals surface area contributed by atoms with Crippen LogP contribution >= 0.6 is 0 Å². The Morgan fingerprint density at radius 3 is 2.29 bits per heavy atom. The first-order valence-electron chi connectivity index (χ1n) is 10.0. The van der Waals surface area contributed by atoms with E-state index in [2.05, 4.69) is 10.3 Å². The summed E-state index contributed by atoms with van der Waals surface area (Å²) in [6.07, 6.45) is 2.89. The summed E-state index contributed by atoms with van der Waals surface area (Å²) in [4.78, 5) is 15.2. The molecule has 4 N–H and O–H groups in total. The summed E-state index contributed by atoms with van der Waals surface area (Å²) in [5, 5.41) is 3.36. The van der Waals surface area contributed by atoms with Gasteiger partial charge in [0.25, 0.3) is 10.1 Å². The molecule has 2 aromatic carbocycles. The molecular formula is C23H26FN3O6S. The third kappa shape index (κ3) is 9.94. The highest BCUT2D eigenvalue weighted by Crippen LogP contribution is 2.31. The Hall–Kier alpha value is -3.54. The van der Waals surface area contributed by atoms with Gasteiger partial charge in [0, 0.05) is 18.8 Å². The van der Waals surface area contributed by atoms with Crippen LogP contribution in [-0.2, 0) is 23.1 Å². The van der Waals surface area contributed by atoms with Crippen LogP contribution in [0.4, 0.5) is 4.39 Å². The number of nitrogens with one attached hydrogen (secondary N) is 1. The molecule has 9 nitrogen and oxygen atoms in total. The van der Waals surface area contributed by atoms with Crippen molar-refractivity contribution in [2.45, 2.75) is 13.0 Å². The second kappa shape index (κ2) is 12.6. The van der Waals surface area contributed by atoms with Gasteiger partial charge in [-0.1, -0.05) is 18.2 Å². The lowest BCUT2D eigenvalue weighted by Gasteiger charge is -2.12. The maximum absolute atomic E-state index is 12.9. The summed E-state index contributed by atoms with van der Waals surface area (Å²) in [6, 6.07) is 15.3. The molecule has 0 aliphatic heterocycles. The van der Waals surface area contributed by atoms with Crippen molar-refractivity contribution < 1.29 is 31.6 Å². The molecule has 11 heteroatoms. The van der Waals surface area contributed by atoms with E-state index in [4.69, 9.17) is 19.8 Å². The van der Waals surface area contributed by atoms with Gasteiger partial charge in [0.05, 0.1) is 18.9 Å². The number of ether oxygens (including phenoxy) is 2. The van der Waals surface area contributed by atoms with Crippen molar-refractivity contribution in [1.29, 1.82) is 0 Å². The minimum Gasteiger partial charge on any atom is -0.493 e. The number of nitrogens with two attached hydrogens (primary N) is 1. The van der Waals surface area contributed by atoms with Gasteiger partial charge >= 0.3 is 0 Å². The molecule has 34 heavy (non-hydrogen) atoms. The molecule has 0 bridgehead atoms. The number of halogens is 1. The molecule has 0 spiro atoms. The summed E-state index contributed by atoms with van der Waals surface area (Å²) >= 11 is 0. The standard InChI is InChI=1S/C22H22FN3O3.CH4O3S/c1-28-20-12-16(13-25-11-10-15-2-6-18(23)7-3-15)4-8-19(20)29-21-9-5-17(14-26-21)22(24)27;1-5(2,3)4/h2-9,12,14,25H,10-11,13H2,1H3,(H2,24,27);1H3,(H,2,3,4). The highest BCUT2D eigenvalue weighted by atomic mass is 32.2. The summed E-state index contributed by atoms with van der Waals surface area (Å²) in [6.45, 7) is 1.42. The average molecular weight is 492 g/mol. The Morgan fingerprint density at radius 2 is 1.74 bits per heavy atom. The lowest BCUT2D eigenvalue weighted by molar-refractivity contribution is 0.1000. The topological polar surface area (TPSA) is 141 Å². The number of primary amides is 1. The predicted octanol–water partition coefficient (Wildman–Crippen LogP) is 2.96. The van der Waals surface area contributed by atoms with E-state index in [1.165, 1.54) is 18.3 Å². The van der Waals surface area contributed by atoms with Gasteiger partial charge in [0.15, 0.2) is 11.5 Å². The van der Waals surface area contributed by atoms with Crippen LogP contribution in [0.25, 0.3) is 0 Å². The number of rotatable bonds is 9. The van der Waals surface area contributed by atoms with Crippen LogP contribution in [0.5, 0.6) is 17.4 Å². The van der Waals surface area contributed by atoms with Gasteiger partial charge in [-0.05, 0) is 54.4 Å². The number of amides is 1. The molecule has 0 fully saturated rings. The van der Waals surface area contributed by atoms with Gasteiger partial charge in [0.2, 0.25) is 11.8 Å². The molecule has 1 amide bonds. The van der Waals surface area contributed by atoms with Crippen LogP contribution in [0, 0.1) is 5.82 Å². The smallest absolute Gasteiger partial charge is 0.261 e. The maximum Gasteiger partial charge on any atom is 0.261 e. The normalized spacial score (nSPS) is 10.7. The molecule has 0 saturated heterocycles. The molecule has 182 valence electrons. The second-order valence-electron chi connectivity index (χ2n) is 7.12. The fourth-order valence-electron chi connectivity index (χ4n) is 2.72. The SMILES string of the molecule is COc1cc(CNCCc2ccc(F)cc2)ccc1Oc1ccc(C(N)=O)cn1.CS(=O)(=O)O. The Bertz CT molecular complexity index is 1180. The van der Waals surface area contributed by atoms with E-state index < -0.39 is 16.0 Å². The van der Waals surface area contributed by atoms with Gasteiger partial charge in [-0.2, -0.15) is 8.42 Å². The highest BCUT2D eigenvalue weighted by Gasteiger charge is 2.09. The van der Waals surface area contributed by atoms with Gasteiger partial charge in [-0.25, -0.2) is 9.37 Å². The number of carbonyl (C=O) groups excluding carboxylic acids is 1. The molecular weight excluding hydrogens is 465 g/mol. The van der Waals surface area contributed by atoms with Crippen molar-refractivity contribution >= 4 is 16.0 Å². The lowest BCUT2D eigenvalue weighted by atomic mass is 10.1. The van der Waals surface area contributed by atoms with Crippen molar-refractivity contribution in [3.63, 3.8) is 0 Å². The third-order valence-electron chi connectivity index (χ3n) is 4.30. The van der Waals surface area contributed by atoms with E-state index in [0.29, 0.717) is 35.7 Å². The van der Waals surface area contributed by atoms with E-state index in [0.717, 1.165) is 24.1 Å². The highest BCUT2D eigenvalue weighted by molar-refractivity contribution is 7.85. The molecule has 0 saturated carbocycles. The number of nitrogens with zero attached hydrogens (tertiary/aromatic N) is 1. The minimum absolute atomic E-state index is 0.227. The Kier molecular flexibility index (Phi) is 9.92.